The van der Waals surface area contributed by atoms with E-state index < -0.39 is 5.97 Å². The molecule has 5 heteroatoms. The van der Waals surface area contributed by atoms with Crippen LogP contribution in [0, 0.1) is 6.92 Å². The van der Waals surface area contributed by atoms with Gasteiger partial charge in [-0.1, -0.05) is 23.7 Å². The number of carbonyl (C=O) groups is 1. The summed E-state index contributed by atoms with van der Waals surface area (Å²) in [5.74, 6) is -0.950. The lowest BCUT2D eigenvalue weighted by atomic mass is 10.2. The zero-order chi connectivity index (χ0) is 17.1. The standard InChI is InChI=1S/C19H15ClN2O2/c1-13-17(20)8-3-9-18(13)21-12-16-7-4-10-22(16)15-6-2-5-14(11-15)19(23)24/h2-12H,1H3,(H,23,24). The van der Waals surface area contributed by atoms with Gasteiger partial charge in [0.1, 0.15) is 0 Å². The lowest BCUT2D eigenvalue weighted by Crippen LogP contribution is -2.01. The number of aromatic carboxylic acids is 1. The fourth-order valence-electron chi connectivity index (χ4n) is 2.39. The number of aromatic nitrogens is 1. The smallest absolute Gasteiger partial charge is 0.335 e. The molecule has 0 aliphatic rings. The molecule has 2 aromatic carbocycles. The molecule has 0 saturated heterocycles. The Kier molecular flexibility index (Phi) is 4.49. The van der Waals surface area contributed by atoms with Crippen molar-refractivity contribution in [2.75, 3.05) is 0 Å². The van der Waals surface area contributed by atoms with Crippen molar-refractivity contribution in [2.45, 2.75) is 6.92 Å². The van der Waals surface area contributed by atoms with Crippen molar-refractivity contribution in [1.82, 2.24) is 4.57 Å². The van der Waals surface area contributed by atoms with E-state index in [9.17, 15) is 4.79 Å². The minimum atomic E-state index is -0.950. The molecular weight excluding hydrogens is 324 g/mol. The van der Waals surface area contributed by atoms with Gasteiger partial charge < -0.3 is 9.67 Å². The van der Waals surface area contributed by atoms with E-state index in [0.29, 0.717) is 5.02 Å². The van der Waals surface area contributed by atoms with Gasteiger partial charge in [-0.25, -0.2) is 4.79 Å². The zero-order valence-corrected chi connectivity index (χ0v) is 13.7. The van der Waals surface area contributed by atoms with Crippen LogP contribution in [0.5, 0.6) is 0 Å². The van der Waals surface area contributed by atoms with Gasteiger partial charge in [0.05, 0.1) is 23.2 Å². The van der Waals surface area contributed by atoms with Crippen LogP contribution < -0.4 is 0 Å². The number of benzene rings is 2. The molecular formula is C19H15ClN2O2. The summed E-state index contributed by atoms with van der Waals surface area (Å²) in [6.07, 6.45) is 3.61. The molecule has 0 unspecified atom stereocenters. The monoisotopic (exact) mass is 338 g/mol. The molecule has 1 heterocycles. The van der Waals surface area contributed by atoms with E-state index in [0.717, 1.165) is 22.6 Å². The predicted molar refractivity (Wildman–Crippen MR) is 96.2 cm³/mol. The Bertz CT molecular complexity index is 929. The average molecular weight is 339 g/mol. The van der Waals surface area contributed by atoms with Crippen molar-refractivity contribution < 1.29 is 9.90 Å². The summed E-state index contributed by atoms with van der Waals surface area (Å²) in [6, 6.07) is 16.2. The molecule has 0 atom stereocenters. The summed E-state index contributed by atoms with van der Waals surface area (Å²) in [5, 5.41) is 9.81. The first-order chi connectivity index (χ1) is 11.6. The van der Waals surface area contributed by atoms with Crippen LogP contribution in [0.1, 0.15) is 21.6 Å². The first-order valence-electron chi connectivity index (χ1n) is 7.36. The van der Waals surface area contributed by atoms with Crippen LogP contribution in [0.2, 0.25) is 5.02 Å². The maximum Gasteiger partial charge on any atom is 0.335 e. The van der Waals surface area contributed by atoms with Crippen LogP contribution in [0.4, 0.5) is 5.69 Å². The molecule has 0 fully saturated rings. The van der Waals surface area contributed by atoms with Gasteiger partial charge in [0.25, 0.3) is 0 Å². The second-order valence-corrected chi connectivity index (χ2v) is 5.71. The summed E-state index contributed by atoms with van der Waals surface area (Å²) in [5.41, 5.74) is 3.58. The highest BCUT2D eigenvalue weighted by atomic mass is 35.5. The molecule has 4 nitrogen and oxygen atoms in total. The van der Waals surface area contributed by atoms with Crippen LogP contribution in [0.25, 0.3) is 5.69 Å². The van der Waals surface area contributed by atoms with Gasteiger partial charge in [-0.05, 0) is 55.0 Å². The Morgan fingerprint density at radius 3 is 2.75 bits per heavy atom. The molecule has 1 N–H and O–H groups in total. The highest BCUT2D eigenvalue weighted by Crippen LogP contribution is 2.25. The fraction of sp³-hybridized carbons (Fsp3) is 0.0526. The minimum Gasteiger partial charge on any atom is -0.478 e. The third-order valence-electron chi connectivity index (χ3n) is 3.73. The number of nitrogens with zero attached hydrogens (tertiary/aromatic N) is 2. The molecule has 0 aliphatic heterocycles. The number of hydrogen-bond donors (Lipinski definition) is 1. The van der Waals surface area contributed by atoms with Gasteiger partial charge in [-0.2, -0.15) is 0 Å². The summed E-state index contributed by atoms with van der Waals surface area (Å²) in [4.78, 5) is 15.6. The Hall–Kier alpha value is -2.85. The van der Waals surface area contributed by atoms with E-state index in [-0.39, 0.29) is 5.56 Å². The van der Waals surface area contributed by atoms with E-state index >= 15 is 0 Å². The molecule has 0 radical (unpaired) electrons. The number of hydrogen-bond acceptors (Lipinski definition) is 2. The maximum atomic E-state index is 11.1. The summed E-state index contributed by atoms with van der Waals surface area (Å²) in [6.45, 7) is 1.92. The molecule has 120 valence electrons. The SMILES string of the molecule is Cc1c(Cl)cccc1N=Cc1cccn1-c1cccc(C(=O)O)c1. The summed E-state index contributed by atoms with van der Waals surface area (Å²) in [7, 11) is 0. The number of carboxylic acids is 1. The number of rotatable bonds is 4. The molecule has 0 spiro atoms. The van der Waals surface area contributed by atoms with E-state index in [2.05, 4.69) is 4.99 Å². The Morgan fingerprint density at radius 1 is 1.17 bits per heavy atom. The Balaban J connectivity index is 1.96. The number of aliphatic imine (C=N–C) groups is 1. The second-order valence-electron chi connectivity index (χ2n) is 5.30. The minimum absolute atomic E-state index is 0.245. The zero-order valence-electron chi connectivity index (χ0n) is 13.0. The largest absolute Gasteiger partial charge is 0.478 e. The highest BCUT2D eigenvalue weighted by Gasteiger charge is 2.07. The van der Waals surface area contributed by atoms with Crippen LogP contribution in [0.3, 0.4) is 0 Å². The predicted octanol–water partition coefficient (Wildman–Crippen LogP) is 4.89. The van der Waals surface area contributed by atoms with Crippen molar-refractivity contribution in [3.63, 3.8) is 0 Å². The maximum absolute atomic E-state index is 11.1. The molecule has 0 amide bonds. The molecule has 24 heavy (non-hydrogen) atoms. The van der Waals surface area contributed by atoms with Crippen molar-refractivity contribution in [3.05, 3.63) is 82.6 Å². The van der Waals surface area contributed by atoms with Gasteiger partial charge in [-0.15, -0.1) is 0 Å². The molecule has 0 saturated carbocycles. The average Bonchev–Trinajstić information content (AvgIpc) is 3.05. The van der Waals surface area contributed by atoms with Crippen molar-refractivity contribution in [3.8, 4) is 5.69 Å². The van der Waals surface area contributed by atoms with E-state index in [1.165, 1.54) is 0 Å². The lowest BCUT2D eigenvalue weighted by Gasteiger charge is -2.07. The number of carboxylic acid groups (broad SMARTS) is 1. The van der Waals surface area contributed by atoms with Crippen molar-refractivity contribution >= 4 is 29.5 Å². The molecule has 0 aliphatic carbocycles. The molecule has 3 aromatic rings. The van der Waals surface area contributed by atoms with Gasteiger partial charge in [0.2, 0.25) is 0 Å². The highest BCUT2D eigenvalue weighted by molar-refractivity contribution is 6.31. The second kappa shape index (κ2) is 6.72. The molecule has 3 rings (SSSR count). The first-order valence-corrected chi connectivity index (χ1v) is 7.74. The van der Waals surface area contributed by atoms with Crippen LogP contribution in [-0.2, 0) is 0 Å². The Morgan fingerprint density at radius 2 is 1.96 bits per heavy atom. The van der Waals surface area contributed by atoms with Gasteiger partial charge in [-0.3, -0.25) is 4.99 Å². The normalized spacial score (nSPS) is 11.1. The van der Waals surface area contributed by atoms with Gasteiger partial charge >= 0.3 is 5.97 Å². The first kappa shape index (κ1) is 16.0. The van der Waals surface area contributed by atoms with Gasteiger partial charge in [0.15, 0.2) is 0 Å². The molecule has 0 bridgehead atoms. The summed E-state index contributed by atoms with van der Waals surface area (Å²) >= 11 is 6.11. The fourth-order valence-corrected chi connectivity index (χ4v) is 2.56. The summed E-state index contributed by atoms with van der Waals surface area (Å²) < 4.78 is 1.88. The van der Waals surface area contributed by atoms with Crippen molar-refractivity contribution in [2.24, 2.45) is 4.99 Å². The van der Waals surface area contributed by atoms with E-state index in [1.54, 1.807) is 24.4 Å². The Labute approximate surface area is 144 Å². The van der Waals surface area contributed by atoms with Crippen LogP contribution in [-0.4, -0.2) is 21.9 Å². The van der Waals surface area contributed by atoms with Crippen molar-refractivity contribution in [1.29, 1.82) is 0 Å². The van der Waals surface area contributed by atoms with Crippen LogP contribution >= 0.6 is 11.6 Å². The van der Waals surface area contributed by atoms with E-state index in [1.807, 2.05) is 54.1 Å². The third-order valence-corrected chi connectivity index (χ3v) is 4.14. The quantitative estimate of drug-likeness (QED) is 0.689. The van der Waals surface area contributed by atoms with E-state index in [4.69, 9.17) is 16.7 Å². The van der Waals surface area contributed by atoms with Crippen LogP contribution in [0.15, 0.2) is 65.8 Å². The number of halogens is 1. The van der Waals surface area contributed by atoms with Gasteiger partial charge in [0, 0.05) is 16.9 Å². The molecule has 1 aromatic heterocycles. The topological polar surface area (TPSA) is 54.6 Å². The lowest BCUT2D eigenvalue weighted by molar-refractivity contribution is 0.0697. The third kappa shape index (κ3) is 3.24.